The number of esters is 1. The Kier molecular flexibility index (Phi) is 3.62. The van der Waals surface area contributed by atoms with Crippen molar-refractivity contribution in [3.05, 3.63) is 63.7 Å². The molecule has 120 valence electrons. The van der Waals surface area contributed by atoms with Crippen molar-refractivity contribution in [2.24, 2.45) is 0 Å². The molecule has 3 heterocycles. The number of aromatic nitrogens is 3. The van der Waals surface area contributed by atoms with Crippen molar-refractivity contribution in [2.75, 3.05) is 0 Å². The van der Waals surface area contributed by atoms with Crippen LogP contribution in [0.1, 0.15) is 11.4 Å². The fourth-order valence-electron chi connectivity index (χ4n) is 2.62. The molecule has 0 aliphatic heterocycles. The van der Waals surface area contributed by atoms with Gasteiger partial charge in [0.05, 0.1) is 11.9 Å². The summed E-state index contributed by atoms with van der Waals surface area (Å²) in [4.78, 5) is 34.0. The van der Waals surface area contributed by atoms with Crippen LogP contribution in [-0.4, -0.2) is 20.9 Å². The van der Waals surface area contributed by atoms with Crippen molar-refractivity contribution < 1.29 is 9.53 Å². The molecule has 0 aliphatic carbocycles. The van der Waals surface area contributed by atoms with Gasteiger partial charge in [0.1, 0.15) is 17.1 Å². The van der Waals surface area contributed by atoms with Crippen molar-refractivity contribution in [3.63, 3.8) is 0 Å². The van der Waals surface area contributed by atoms with Crippen LogP contribution in [0.5, 0.6) is 0 Å². The second-order valence-electron chi connectivity index (χ2n) is 5.34. The van der Waals surface area contributed by atoms with Gasteiger partial charge in [-0.2, -0.15) is 0 Å². The number of fused-ring (bicyclic) bond motifs is 2. The third-order valence-electron chi connectivity index (χ3n) is 3.74. The molecule has 0 bridgehead atoms. The lowest BCUT2D eigenvalue weighted by Gasteiger charge is -2.04. The van der Waals surface area contributed by atoms with Crippen LogP contribution in [-0.2, 0) is 22.6 Å². The Hall–Kier alpha value is -2.93. The smallest absolute Gasteiger partial charge is 0.310 e. The van der Waals surface area contributed by atoms with Crippen LogP contribution in [0.2, 0.25) is 0 Å². The molecule has 0 unspecified atom stereocenters. The fraction of sp³-hybridized carbons (Fsp3) is 0.118. The van der Waals surface area contributed by atoms with E-state index in [4.69, 9.17) is 4.74 Å². The van der Waals surface area contributed by atoms with Crippen molar-refractivity contribution in [2.45, 2.75) is 13.0 Å². The van der Waals surface area contributed by atoms with Gasteiger partial charge in [-0.25, -0.2) is 4.98 Å². The van der Waals surface area contributed by atoms with Gasteiger partial charge in [0.2, 0.25) is 0 Å². The number of aromatic amines is 2. The van der Waals surface area contributed by atoms with E-state index in [2.05, 4.69) is 15.0 Å². The maximum absolute atomic E-state index is 12.1. The minimum atomic E-state index is -0.368. The zero-order chi connectivity index (χ0) is 16.5. The van der Waals surface area contributed by atoms with Gasteiger partial charge in [0.15, 0.2) is 0 Å². The highest BCUT2D eigenvalue weighted by Gasteiger charge is 2.11. The quantitative estimate of drug-likeness (QED) is 0.560. The third-order valence-corrected chi connectivity index (χ3v) is 4.65. The monoisotopic (exact) mass is 339 g/mol. The number of ether oxygens (including phenoxy) is 1. The lowest BCUT2D eigenvalue weighted by molar-refractivity contribution is -0.144. The summed E-state index contributed by atoms with van der Waals surface area (Å²) in [6.07, 6.45) is 1.97. The van der Waals surface area contributed by atoms with Gasteiger partial charge in [-0.05, 0) is 23.1 Å². The molecular formula is C17H13N3O3S. The second-order valence-corrected chi connectivity index (χ2v) is 6.26. The largest absolute Gasteiger partial charge is 0.457 e. The summed E-state index contributed by atoms with van der Waals surface area (Å²) in [5.41, 5.74) is 2.27. The van der Waals surface area contributed by atoms with Crippen LogP contribution in [0, 0.1) is 0 Å². The first-order chi connectivity index (χ1) is 11.7. The van der Waals surface area contributed by atoms with Gasteiger partial charge in [-0.1, -0.05) is 18.2 Å². The number of H-pyrrole nitrogens is 2. The molecule has 1 aromatic carbocycles. The van der Waals surface area contributed by atoms with Crippen LogP contribution in [0.4, 0.5) is 0 Å². The number of nitrogens with one attached hydrogen (secondary N) is 2. The van der Waals surface area contributed by atoms with E-state index in [-0.39, 0.29) is 24.6 Å². The predicted molar refractivity (Wildman–Crippen MR) is 92.0 cm³/mol. The van der Waals surface area contributed by atoms with Crippen LogP contribution in [0.3, 0.4) is 0 Å². The molecule has 0 fully saturated rings. The van der Waals surface area contributed by atoms with Crippen LogP contribution >= 0.6 is 11.3 Å². The van der Waals surface area contributed by atoms with E-state index in [9.17, 15) is 9.59 Å². The summed E-state index contributed by atoms with van der Waals surface area (Å²) in [6.45, 7) is -0.0534. The maximum atomic E-state index is 12.1. The highest BCUT2D eigenvalue weighted by molar-refractivity contribution is 7.17. The Labute approximate surface area is 140 Å². The Morgan fingerprint density at radius 2 is 2.12 bits per heavy atom. The molecule has 6 nitrogen and oxygen atoms in total. The number of hydrogen-bond acceptors (Lipinski definition) is 5. The van der Waals surface area contributed by atoms with E-state index >= 15 is 0 Å². The maximum Gasteiger partial charge on any atom is 0.310 e. The molecule has 2 N–H and O–H groups in total. The Morgan fingerprint density at radius 3 is 3.04 bits per heavy atom. The van der Waals surface area contributed by atoms with E-state index in [1.807, 2.05) is 30.5 Å². The number of para-hydroxylation sites is 1. The molecule has 0 radical (unpaired) electrons. The number of carbonyl (C=O) groups is 1. The lowest BCUT2D eigenvalue weighted by Crippen LogP contribution is -2.14. The molecule has 24 heavy (non-hydrogen) atoms. The molecule has 7 heteroatoms. The van der Waals surface area contributed by atoms with Crippen LogP contribution < -0.4 is 5.56 Å². The van der Waals surface area contributed by atoms with Gasteiger partial charge >= 0.3 is 5.97 Å². The molecule has 0 amide bonds. The third kappa shape index (κ3) is 2.69. The van der Waals surface area contributed by atoms with Crippen LogP contribution in [0.15, 0.2) is 46.7 Å². The normalized spacial score (nSPS) is 11.2. The number of benzene rings is 1. The van der Waals surface area contributed by atoms with E-state index in [1.54, 1.807) is 11.4 Å². The van der Waals surface area contributed by atoms with Crippen molar-refractivity contribution in [3.8, 4) is 0 Å². The number of rotatable bonds is 4. The lowest BCUT2D eigenvalue weighted by atomic mass is 10.1. The van der Waals surface area contributed by atoms with Gasteiger partial charge in [-0.15, -0.1) is 11.3 Å². The van der Waals surface area contributed by atoms with Crippen molar-refractivity contribution in [1.29, 1.82) is 0 Å². The summed E-state index contributed by atoms with van der Waals surface area (Å²) < 4.78 is 5.82. The summed E-state index contributed by atoms with van der Waals surface area (Å²) in [5.74, 6) is -0.0222. The van der Waals surface area contributed by atoms with Crippen molar-refractivity contribution >= 4 is 38.4 Å². The molecule has 3 aromatic heterocycles. The zero-order valence-electron chi connectivity index (χ0n) is 12.5. The number of thiophene rings is 1. The molecule has 4 aromatic rings. The fourth-order valence-corrected chi connectivity index (χ4v) is 3.35. The molecule has 4 rings (SSSR count). The van der Waals surface area contributed by atoms with E-state index in [1.165, 1.54) is 11.3 Å². The van der Waals surface area contributed by atoms with E-state index < -0.39 is 0 Å². The molecule has 0 atom stereocenters. The highest BCUT2D eigenvalue weighted by atomic mass is 32.1. The molecule has 0 aliphatic rings. The number of hydrogen-bond donors (Lipinski definition) is 2. The molecular weight excluding hydrogens is 326 g/mol. The summed E-state index contributed by atoms with van der Waals surface area (Å²) in [7, 11) is 0. The molecule has 0 saturated carbocycles. The highest BCUT2D eigenvalue weighted by Crippen LogP contribution is 2.18. The number of carbonyl (C=O) groups excluding carboxylic acids is 1. The Bertz CT molecular complexity index is 1090. The average molecular weight is 339 g/mol. The molecule has 0 saturated heterocycles. The summed E-state index contributed by atoms with van der Waals surface area (Å²) >= 11 is 1.33. The summed E-state index contributed by atoms with van der Waals surface area (Å²) in [5, 5.41) is 2.81. The molecule has 0 spiro atoms. The first kappa shape index (κ1) is 14.6. The second kappa shape index (κ2) is 5.93. The Balaban J connectivity index is 1.47. The minimum absolute atomic E-state index is 0.0534. The van der Waals surface area contributed by atoms with E-state index in [0.717, 1.165) is 16.5 Å². The van der Waals surface area contributed by atoms with Crippen LogP contribution in [0.25, 0.3) is 21.1 Å². The SMILES string of the molecule is O=C(Cc1c[nH]c2ccccc12)OCc1nc2ccsc2c(=O)[nH]1. The standard InChI is InChI=1S/C17H13N3O3S/c21-15(7-10-8-18-12-4-2-1-3-11(10)12)23-9-14-19-13-5-6-24-16(13)17(22)20-14/h1-6,8,18H,7,9H2,(H,19,20,22). The van der Waals surface area contributed by atoms with Gasteiger partial charge in [0.25, 0.3) is 5.56 Å². The first-order valence-electron chi connectivity index (χ1n) is 7.38. The number of nitrogens with zero attached hydrogens (tertiary/aromatic N) is 1. The summed E-state index contributed by atoms with van der Waals surface area (Å²) in [6, 6.07) is 9.54. The van der Waals surface area contributed by atoms with Gasteiger partial charge in [-0.3, -0.25) is 9.59 Å². The van der Waals surface area contributed by atoms with Gasteiger partial charge < -0.3 is 14.7 Å². The topological polar surface area (TPSA) is 87.8 Å². The van der Waals surface area contributed by atoms with E-state index in [0.29, 0.717) is 16.0 Å². The Morgan fingerprint density at radius 1 is 1.25 bits per heavy atom. The average Bonchev–Trinajstić information content (AvgIpc) is 3.21. The minimum Gasteiger partial charge on any atom is -0.457 e. The zero-order valence-corrected chi connectivity index (χ0v) is 13.4. The van der Waals surface area contributed by atoms with Crippen molar-refractivity contribution in [1.82, 2.24) is 15.0 Å². The first-order valence-corrected chi connectivity index (χ1v) is 8.26. The predicted octanol–water partition coefficient (Wildman–Crippen LogP) is 2.75. The van der Waals surface area contributed by atoms with Gasteiger partial charge in [0, 0.05) is 17.1 Å².